The highest BCUT2D eigenvalue weighted by Gasteiger charge is 2.36. The van der Waals surface area contributed by atoms with Crippen LogP contribution in [0.2, 0.25) is 0 Å². The van der Waals surface area contributed by atoms with Crippen LogP contribution in [0.1, 0.15) is 31.7 Å². The lowest BCUT2D eigenvalue weighted by atomic mass is 10.0. The van der Waals surface area contributed by atoms with E-state index in [1.807, 2.05) is 30.3 Å². The summed E-state index contributed by atoms with van der Waals surface area (Å²) in [6.07, 6.45) is 2.00. The number of nitrogens with zero attached hydrogens (tertiary/aromatic N) is 1. The highest BCUT2D eigenvalue weighted by atomic mass is 16.4. The van der Waals surface area contributed by atoms with Crippen LogP contribution >= 0.6 is 0 Å². The maximum absolute atomic E-state index is 12.5. The molecule has 1 saturated heterocycles. The predicted octanol–water partition coefficient (Wildman–Crippen LogP) is 1.13. The van der Waals surface area contributed by atoms with Crippen molar-refractivity contribution in [3.8, 4) is 0 Å². The van der Waals surface area contributed by atoms with Crippen LogP contribution in [0.15, 0.2) is 30.3 Å². The van der Waals surface area contributed by atoms with Crippen molar-refractivity contribution in [1.29, 1.82) is 0 Å². The zero-order valence-electron chi connectivity index (χ0n) is 14.2. The van der Waals surface area contributed by atoms with Crippen molar-refractivity contribution in [2.75, 3.05) is 6.54 Å². The third-order valence-corrected chi connectivity index (χ3v) is 4.51. The minimum atomic E-state index is -1.02. The third kappa shape index (κ3) is 5.03. The van der Waals surface area contributed by atoms with E-state index >= 15 is 0 Å². The molecule has 1 aliphatic heterocycles. The lowest BCUT2D eigenvalue weighted by molar-refractivity contribution is -0.149. The van der Waals surface area contributed by atoms with E-state index in [2.05, 4.69) is 5.32 Å². The van der Waals surface area contributed by atoms with Gasteiger partial charge in [-0.3, -0.25) is 14.9 Å². The fraction of sp³-hybridized carbons (Fsp3) is 0.500. The van der Waals surface area contributed by atoms with E-state index in [0.29, 0.717) is 32.2 Å². The van der Waals surface area contributed by atoms with Crippen LogP contribution in [-0.4, -0.2) is 57.6 Å². The van der Waals surface area contributed by atoms with Crippen molar-refractivity contribution in [2.24, 2.45) is 0 Å². The van der Waals surface area contributed by atoms with Gasteiger partial charge in [-0.1, -0.05) is 30.3 Å². The van der Waals surface area contributed by atoms with Crippen LogP contribution in [0.25, 0.3) is 0 Å². The van der Waals surface area contributed by atoms with Gasteiger partial charge >= 0.3 is 11.9 Å². The van der Waals surface area contributed by atoms with Gasteiger partial charge in [-0.05, 0) is 38.2 Å². The Labute approximate surface area is 146 Å². The summed E-state index contributed by atoms with van der Waals surface area (Å²) in [5, 5.41) is 21.4. The minimum absolute atomic E-state index is 0.347. The number of nitrogens with one attached hydrogen (secondary N) is 1. The fourth-order valence-corrected chi connectivity index (χ4v) is 3.14. The van der Waals surface area contributed by atoms with Crippen molar-refractivity contribution >= 4 is 17.8 Å². The molecule has 2 rings (SSSR count). The van der Waals surface area contributed by atoms with E-state index in [-0.39, 0.29) is 5.91 Å². The molecule has 1 aromatic carbocycles. The molecule has 0 aliphatic carbocycles. The molecule has 0 aromatic heterocycles. The summed E-state index contributed by atoms with van der Waals surface area (Å²) in [4.78, 5) is 36.5. The van der Waals surface area contributed by atoms with Crippen molar-refractivity contribution in [1.82, 2.24) is 10.2 Å². The third-order valence-electron chi connectivity index (χ3n) is 4.51. The molecule has 0 unspecified atom stereocenters. The average molecular weight is 348 g/mol. The summed E-state index contributed by atoms with van der Waals surface area (Å²) in [7, 11) is 0. The Morgan fingerprint density at radius 1 is 1.24 bits per heavy atom. The van der Waals surface area contributed by atoms with Gasteiger partial charge in [-0.15, -0.1) is 0 Å². The van der Waals surface area contributed by atoms with E-state index in [1.165, 1.54) is 4.90 Å². The number of hydrogen-bond acceptors (Lipinski definition) is 4. The molecule has 136 valence electrons. The molecule has 1 aliphatic rings. The number of aryl methyl sites for hydroxylation is 1. The van der Waals surface area contributed by atoms with Crippen LogP contribution in [0.3, 0.4) is 0 Å². The van der Waals surface area contributed by atoms with Gasteiger partial charge in [0.05, 0.1) is 6.04 Å². The second-order valence-corrected chi connectivity index (χ2v) is 6.33. The Hall–Kier alpha value is -2.41. The van der Waals surface area contributed by atoms with Crippen molar-refractivity contribution in [2.45, 2.75) is 50.7 Å². The first-order valence-electron chi connectivity index (χ1n) is 8.46. The Morgan fingerprint density at radius 3 is 2.52 bits per heavy atom. The van der Waals surface area contributed by atoms with Gasteiger partial charge in [0.2, 0.25) is 5.91 Å². The summed E-state index contributed by atoms with van der Waals surface area (Å²) >= 11 is 0. The molecule has 1 heterocycles. The number of hydrogen-bond donors (Lipinski definition) is 3. The molecule has 7 heteroatoms. The molecule has 1 aromatic rings. The average Bonchev–Trinajstić information content (AvgIpc) is 3.08. The number of carboxylic acids is 2. The summed E-state index contributed by atoms with van der Waals surface area (Å²) < 4.78 is 0. The monoisotopic (exact) mass is 348 g/mol. The Balaban J connectivity index is 1.95. The summed E-state index contributed by atoms with van der Waals surface area (Å²) in [6.45, 7) is 1.97. The smallest absolute Gasteiger partial charge is 0.326 e. The van der Waals surface area contributed by atoms with Gasteiger partial charge in [-0.2, -0.15) is 0 Å². The van der Waals surface area contributed by atoms with Crippen LogP contribution in [0.5, 0.6) is 0 Å². The van der Waals surface area contributed by atoms with Crippen LogP contribution in [0.4, 0.5) is 0 Å². The number of amides is 1. The quantitative estimate of drug-likeness (QED) is 0.650. The number of rotatable bonds is 8. The first kappa shape index (κ1) is 18.9. The van der Waals surface area contributed by atoms with Crippen LogP contribution in [-0.2, 0) is 20.8 Å². The first-order valence-corrected chi connectivity index (χ1v) is 8.46. The Morgan fingerprint density at radius 2 is 1.92 bits per heavy atom. The molecule has 0 bridgehead atoms. The number of benzene rings is 1. The largest absolute Gasteiger partial charge is 0.480 e. The highest BCUT2D eigenvalue weighted by Crippen LogP contribution is 2.18. The lowest BCUT2D eigenvalue weighted by Crippen LogP contribution is -2.53. The number of carbonyl (C=O) groups is 3. The molecule has 3 atom stereocenters. The maximum Gasteiger partial charge on any atom is 0.326 e. The summed E-state index contributed by atoms with van der Waals surface area (Å²) in [5.74, 6) is -2.40. The fourth-order valence-electron chi connectivity index (χ4n) is 3.14. The lowest BCUT2D eigenvalue weighted by Gasteiger charge is -2.27. The topological polar surface area (TPSA) is 107 Å². The van der Waals surface area contributed by atoms with Gasteiger partial charge in [-0.25, -0.2) is 4.79 Å². The number of carbonyl (C=O) groups excluding carboxylic acids is 1. The van der Waals surface area contributed by atoms with Gasteiger partial charge in [0.25, 0.3) is 0 Å². The van der Waals surface area contributed by atoms with Crippen molar-refractivity contribution in [3.05, 3.63) is 35.9 Å². The number of carboxylic acid groups (broad SMARTS) is 2. The maximum atomic E-state index is 12.5. The van der Waals surface area contributed by atoms with Crippen LogP contribution in [0, 0.1) is 0 Å². The molecule has 1 fully saturated rings. The summed E-state index contributed by atoms with van der Waals surface area (Å²) in [5.41, 5.74) is 1.03. The Kier molecular flexibility index (Phi) is 6.52. The molecular weight excluding hydrogens is 324 g/mol. The van der Waals surface area contributed by atoms with E-state index in [1.54, 1.807) is 6.92 Å². The number of likely N-dealkylation sites (tertiary alicyclic amines) is 1. The van der Waals surface area contributed by atoms with E-state index in [9.17, 15) is 24.6 Å². The van der Waals surface area contributed by atoms with Crippen molar-refractivity contribution < 1.29 is 24.6 Å². The molecule has 1 amide bonds. The molecule has 3 N–H and O–H groups in total. The van der Waals surface area contributed by atoms with Gasteiger partial charge in [0.15, 0.2) is 0 Å². The molecular formula is C18H24N2O5. The molecule has 0 radical (unpaired) electrons. The normalized spacial score (nSPS) is 19.4. The molecule has 0 saturated carbocycles. The zero-order chi connectivity index (χ0) is 18.4. The second kappa shape index (κ2) is 8.62. The molecule has 0 spiro atoms. The number of aliphatic carboxylic acids is 2. The summed E-state index contributed by atoms with van der Waals surface area (Å²) in [6, 6.07) is 7.09. The van der Waals surface area contributed by atoms with E-state index in [0.717, 1.165) is 5.56 Å². The highest BCUT2D eigenvalue weighted by molar-refractivity contribution is 5.88. The van der Waals surface area contributed by atoms with E-state index in [4.69, 9.17) is 0 Å². The van der Waals surface area contributed by atoms with E-state index < -0.39 is 30.1 Å². The van der Waals surface area contributed by atoms with Gasteiger partial charge in [0, 0.05) is 6.54 Å². The van der Waals surface area contributed by atoms with Gasteiger partial charge in [0.1, 0.15) is 12.1 Å². The standard InChI is InChI=1S/C18H24N2O5/c1-12(16(21)20-11-5-8-15(20)18(24)25)19-14(17(22)23)10-9-13-6-3-2-4-7-13/h2-4,6-7,12,14-15,19H,5,8-11H2,1H3,(H,22,23)(H,24,25)/t12-,14+,15-/m1/s1. The van der Waals surface area contributed by atoms with Crippen LogP contribution < -0.4 is 5.32 Å². The first-order chi connectivity index (χ1) is 11.9. The molecule has 25 heavy (non-hydrogen) atoms. The second-order valence-electron chi connectivity index (χ2n) is 6.33. The predicted molar refractivity (Wildman–Crippen MR) is 91.2 cm³/mol. The minimum Gasteiger partial charge on any atom is -0.480 e. The molecule has 7 nitrogen and oxygen atoms in total. The zero-order valence-corrected chi connectivity index (χ0v) is 14.2. The van der Waals surface area contributed by atoms with Crippen molar-refractivity contribution in [3.63, 3.8) is 0 Å². The Bertz CT molecular complexity index is 619. The SMILES string of the molecule is C[C@@H](N[C@@H](CCc1ccccc1)C(=O)O)C(=O)N1CCC[C@@H]1C(=O)O. The van der Waals surface area contributed by atoms with Gasteiger partial charge < -0.3 is 15.1 Å².